The van der Waals surface area contributed by atoms with Gasteiger partial charge in [0.15, 0.2) is 0 Å². The Morgan fingerprint density at radius 2 is 1.73 bits per heavy atom. The number of rotatable bonds is 9. The maximum Gasteiger partial charge on any atom is 0.124 e. The van der Waals surface area contributed by atoms with E-state index in [4.69, 9.17) is 16.3 Å². The average molecular weight is 426 g/mol. The zero-order valence-corrected chi connectivity index (χ0v) is 17.9. The van der Waals surface area contributed by atoms with Crippen LogP contribution in [0.5, 0.6) is 5.75 Å². The van der Waals surface area contributed by atoms with Gasteiger partial charge in [0.2, 0.25) is 0 Å². The monoisotopic (exact) mass is 425 g/mol. The molecule has 6 nitrogen and oxygen atoms in total. The number of hydrogen-bond acceptors (Lipinski definition) is 5. The molecule has 0 saturated carbocycles. The van der Waals surface area contributed by atoms with Crippen LogP contribution in [0.2, 0.25) is 5.02 Å². The molecule has 0 radical (unpaired) electrons. The van der Waals surface area contributed by atoms with Crippen molar-refractivity contribution in [2.24, 2.45) is 0 Å². The van der Waals surface area contributed by atoms with Crippen molar-refractivity contribution in [3.8, 4) is 5.75 Å². The van der Waals surface area contributed by atoms with Gasteiger partial charge in [-0.25, -0.2) is 4.68 Å². The van der Waals surface area contributed by atoms with Crippen molar-refractivity contribution in [1.29, 1.82) is 0 Å². The van der Waals surface area contributed by atoms with Gasteiger partial charge < -0.3 is 9.64 Å². The van der Waals surface area contributed by atoms with E-state index in [1.165, 1.54) is 0 Å². The molecule has 1 aliphatic rings. The highest BCUT2D eigenvalue weighted by atomic mass is 35.5. The molecule has 0 amide bonds. The summed E-state index contributed by atoms with van der Waals surface area (Å²) in [5.41, 5.74) is 2.27. The van der Waals surface area contributed by atoms with Gasteiger partial charge in [0, 0.05) is 37.9 Å². The van der Waals surface area contributed by atoms with Gasteiger partial charge in [-0.2, -0.15) is 0 Å². The highest BCUT2D eigenvalue weighted by Gasteiger charge is 2.18. The third-order valence-electron chi connectivity index (χ3n) is 5.47. The fourth-order valence-corrected chi connectivity index (χ4v) is 4.06. The summed E-state index contributed by atoms with van der Waals surface area (Å²) in [7, 11) is 0. The van der Waals surface area contributed by atoms with E-state index >= 15 is 0 Å². The smallest absolute Gasteiger partial charge is 0.124 e. The van der Waals surface area contributed by atoms with Crippen molar-refractivity contribution in [2.75, 3.05) is 44.2 Å². The van der Waals surface area contributed by atoms with Crippen LogP contribution in [0.1, 0.15) is 18.4 Å². The maximum atomic E-state index is 6.34. The minimum Gasteiger partial charge on any atom is -0.493 e. The van der Waals surface area contributed by atoms with Crippen molar-refractivity contribution in [2.45, 2.75) is 19.4 Å². The summed E-state index contributed by atoms with van der Waals surface area (Å²) in [6, 6.07) is 16.3. The van der Waals surface area contributed by atoms with Gasteiger partial charge in [-0.15, -0.1) is 5.10 Å². The molecule has 0 spiro atoms. The molecule has 0 unspecified atom stereocenters. The first kappa shape index (κ1) is 20.7. The Morgan fingerprint density at radius 1 is 0.933 bits per heavy atom. The molecular formula is C23H28ClN5O. The number of halogens is 1. The van der Waals surface area contributed by atoms with Crippen molar-refractivity contribution in [3.05, 3.63) is 71.5 Å². The van der Waals surface area contributed by atoms with Crippen LogP contribution < -0.4 is 9.64 Å². The van der Waals surface area contributed by atoms with E-state index in [0.717, 1.165) is 74.2 Å². The number of hydrogen-bond donors (Lipinski definition) is 0. The molecule has 158 valence electrons. The lowest BCUT2D eigenvalue weighted by atomic mass is 10.2. The Balaban J connectivity index is 1.16. The van der Waals surface area contributed by atoms with Crippen LogP contribution in [-0.4, -0.2) is 59.2 Å². The minimum absolute atomic E-state index is 0.673. The molecule has 0 bridgehead atoms. The van der Waals surface area contributed by atoms with Crippen LogP contribution in [0.15, 0.2) is 60.9 Å². The summed E-state index contributed by atoms with van der Waals surface area (Å²) >= 11 is 6.34. The normalized spacial score (nSPS) is 14.8. The number of para-hydroxylation sites is 2. The summed E-state index contributed by atoms with van der Waals surface area (Å²) in [4.78, 5) is 4.92. The fraction of sp³-hybridized carbons (Fsp3) is 0.391. The molecule has 2 aromatic carbocycles. The molecular weight excluding hydrogens is 398 g/mol. The summed E-state index contributed by atoms with van der Waals surface area (Å²) < 4.78 is 7.87. The zero-order chi connectivity index (χ0) is 20.6. The molecule has 1 aliphatic heterocycles. The predicted molar refractivity (Wildman–Crippen MR) is 120 cm³/mol. The first-order chi connectivity index (χ1) is 14.8. The molecule has 4 rings (SSSR count). The van der Waals surface area contributed by atoms with Crippen LogP contribution in [0.25, 0.3) is 0 Å². The van der Waals surface area contributed by atoms with Crippen LogP contribution in [-0.2, 0) is 6.54 Å². The Bertz CT molecular complexity index is 909. The number of unbranched alkanes of at least 4 members (excludes halogenated alkanes) is 1. The second-order valence-electron chi connectivity index (χ2n) is 7.54. The number of piperazine rings is 1. The summed E-state index contributed by atoms with van der Waals surface area (Å²) in [6.45, 7) is 6.71. The van der Waals surface area contributed by atoms with E-state index in [-0.39, 0.29) is 0 Å². The number of anilines is 1. The van der Waals surface area contributed by atoms with Crippen LogP contribution in [0.4, 0.5) is 5.69 Å². The predicted octanol–water partition coefficient (Wildman–Crippen LogP) is 3.96. The second kappa shape index (κ2) is 10.5. The summed E-state index contributed by atoms with van der Waals surface area (Å²) in [5.74, 6) is 0.932. The summed E-state index contributed by atoms with van der Waals surface area (Å²) in [5, 5.41) is 8.74. The van der Waals surface area contributed by atoms with Gasteiger partial charge >= 0.3 is 0 Å². The largest absolute Gasteiger partial charge is 0.493 e. The first-order valence-electron chi connectivity index (χ1n) is 10.6. The van der Waals surface area contributed by atoms with E-state index in [0.29, 0.717) is 6.54 Å². The fourth-order valence-electron chi connectivity index (χ4n) is 3.81. The van der Waals surface area contributed by atoms with Crippen molar-refractivity contribution >= 4 is 17.3 Å². The minimum atomic E-state index is 0.673. The molecule has 30 heavy (non-hydrogen) atoms. The number of benzene rings is 2. The lowest BCUT2D eigenvalue weighted by molar-refractivity contribution is 0.238. The Morgan fingerprint density at radius 3 is 2.53 bits per heavy atom. The molecule has 2 heterocycles. The highest BCUT2D eigenvalue weighted by molar-refractivity contribution is 6.33. The first-order valence-corrected chi connectivity index (χ1v) is 10.9. The zero-order valence-electron chi connectivity index (χ0n) is 17.2. The van der Waals surface area contributed by atoms with Crippen LogP contribution in [0, 0.1) is 0 Å². The van der Waals surface area contributed by atoms with Crippen molar-refractivity contribution < 1.29 is 4.74 Å². The highest BCUT2D eigenvalue weighted by Crippen LogP contribution is 2.26. The Labute approximate surface area is 183 Å². The lowest BCUT2D eigenvalue weighted by Gasteiger charge is -2.36. The molecule has 7 heteroatoms. The van der Waals surface area contributed by atoms with E-state index in [1.807, 2.05) is 41.2 Å². The van der Waals surface area contributed by atoms with Crippen LogP contribution >= 0.6 is 11.6 Å². The lowest BCUT2D eigenvalue weighted by Crippen LogP contribution is -2.46. The quantitative estimate of drug-likeness (QED) is 0.485. The van der Waals surface area contributed by atoms with Gasteiger partial charge in [0.05, 0.1) is 30.1 Å². The van der Waals surface area contributed by atoms with E-state index in [2.05, 4.69) is 38.3 Å². The van der Waals surface area contributed by atoms with E-state index in [1.54, 1.807) is 6.20 Å². The van der Waals surface area contributed by atoms with Gasteiger partial charge in [-0.05, 0) is 37.6 Å². The molecule has 1 fully saturated rings. The molecule has 0 aliphatic carbocycles. The van der Waals surface area contributed by atoms with E-state index < -0.39 is 0 Å². The molecule has 1 saturated heterocycles. The van der Waals surface area contributed by atoms with Crippen molar-refractivity contribution in [3.63, 3.8) is 0 Å². The number of ether oxygens (including phenoxy) is 1. The Kier molecular flexibility index (Phi) is 7.21. The van der Waals surface area contributed by atoms with E-state index in [9.17, 15) is 0 Å². The van der Waals surface area contributed by atoms with Crippen molar-refractivity contribution in [1.82, 2.24) is 19.9 Å². The third kappa shape index (κ3) is 5.52. The van der Waals surface area contributed by atoms with Gasteiger partial charge in [0.1, 0.15) is 5.75 Å². The Hall–Kier alpha value is -2.57. The number of nitrogens with zero attached hydrogens (tertiary/aromatic N) is 5. The summed E-state index contributed by atoms with van der Waals surface area (Å²) in [6.07, 6.45) is 5.74. The molecule has 3 aromatic rings. The number of aromatic nitrogens is 3. The maximum absolute atomic E-state index is 6.34. The SMILES string of the molecule is Clc1ccccc1N1CCN(CCCCOc2ccccc2Cn2ccnn2)CC1. The topological polar surface area (TPSA) is 46.4 Å². The second-order valence-corrected chi connectivity index (χ2v) is 7.95. The molecule has 1 aromatic heterocycles. The van der Waals surface area contributed by atoms with Gasteiger partial charge in [-0.3, -0.25) is 4.90 Å². The average Bonchev–Trinajstić information content (AvgIpc) is 3.29. The van der Waals surface area contributed by atoms with Crippen LogP contribution in [0.3, 0.4) is 0 Å². The van der Waals surface area contributed by atoms with Gasteiger partial charge in [-0.1, -0.05) is 47.1 Å². The molecule has 0 atom stereocenters. The molecule has 0 N–H and O–H groups in total. The standard InChI is InChI=1S/C23H28ClN5O/c24-21-8-2-3-9-22(21)28-16-14-27(15-17-28)12-5-6-18-30-23-10-4-1-7-20(23)19-29-13-11-25-26-29/h1-4,7-11,13H,5-6,12,14-19H2. The third-order valence-corrected chi connectivity index (χ3v) is 5.79. The van der Waals surface area contributed by atoms with Gasteiger partial charge in [0.25, 0.3) is 0 Å².